The smallest absolute Gasteiger partial charge is 0.246 e. The SMILES string of the molecule is C=CC(=O)N1CCC=C(c2c(C3CC3)nc(N3CCN(C(=O)CCO)[C@H](C4CC4)C3)c(N)c2C)C1. The number of nitrogens with zero attached hydrogens (tertiary/aromatic N) is 4. The van der Waals surface area contributed by atoms with Crippen LogP contribution in [0.1, 0.15) is 61.3 Å². The van der Waals surface area contributed by atoms with E-state index in [1.807, 2.05) is 9.80 Å². The Morgan fingerprint density at radius 1 is 1.23 bits per heavy atom. The molecule has 8 heteroatoms. The number of aliphatic hydroxyl groups is 1. The number of amides is 2. The van der Waals surface area contributed by atoms with Crippen molar-refractivity contribution in [3.05, 3.63) is 35.6 Å². The number of anilines is 2. The van der Waals surface area contributed by atoms with E-state index in [0.717, 1.165) is 66.9 Å². The number of carbonyl (C=O) groups is 2. The van der Waals surface area contributed by atoms with Gasteiger partial charge in [0.25, 0.3) is 0 Å². The highest BCUT2D eigenvalue weighted by Crippen LogP contribution is 2.47. The number of hydrogen-bond donors (Lipinski definition) is 2. The van der Waals surface area contributed by atoms with Crippen molar-refractivity contribution in [3.63, 3.8) is 0 Å². The highest BCUT2D eigenvalue weighted by molar-refractivity contribution is 5.90. The number of aliphatic hydroxyl groups excluding tert-OH is 1. The summed E-state index contributed by atoms with van der Waals surface area (Å²) in [7, 11) is 0. The summed E-state index contributed by atoms with van der Waals surface area (Å²) >= 11 is 0. The fourth-order valence-electron chi connectivity index (χ4n) is 5.70. The van der Waals surface area contributed by atoms with Gasteiger partial charge in [-0.1, -0.05) is 12.7 Å². The molecular formula is C27H37N5O3. The molecule has 4 aliphatic rings. The summed E-state index contributed by atoms with van der Waals surface area (Å²) in [5, 5.41) is 9.27. The second-order valence-electron chi connectivity index (χ2n) is 10.4. The van der Waals surface area contributed by atoms with Gasteiger partial charge >= 0.3 is 0 Å². The number of rotatable bonds is 7. The van der Waals surface area contributed by atoms with Gasteiger partial charge in [0.2, 0.25) is 11.8 Å². The number of aromatic nitrogens is 1. The van der Waals surface area contributed by atoms with E-state index in [9.17, 15) is 14.7 Å². The van der Waals surface area contributed by atoms with E-state index in [1.54, 1.807) is 0 Å². The minimum atomic E-state index is -0.109. The zero-order chi connectivity index (χ0) is 24.7. The van der Waals surface area contributed by atoms with E-state index < -0.39 is 0 Å². The first kappa shape index (κ1) is 23.9. The third-order valence-corrected chi connectivity index (χ3v) is 7.96. The van der Waals surface area contributed by atoms with Gasteiger partial charge in [-0.3, -0.25) is 9.59 Å². The molecule has 1 aromatic heterocycles. The number of piperazine rings is 1. The van der Waals surface area contributed by atoms with Crippen LogP contribution in [0.25, 0.3) is 5.57 Å². The Kier molecular flexibility index (Phi) is 6.57. The standard InChI is InChI=1S/C27H37N5O3/c1-3-22(34)30-11-4-5-20(15-30)24-17(2)25(28)27(29-26(24)19-8-9-19)31-12-13-32(23(35)10-14-33)21(16-31)18-6-7-18/h3,5,18-19,21,33H,1,4,6-16,28H2,2H3/t21-/m0/s1. The van der Waals surface area contributed by atoms with Gasteiger partial charge in [-0.25, -0.2) is 4.98 Å². The Hall–Kier alpha value is -2.87. The molecule has 188 valence electrons. The van der Waals surface area contributed by atoms with Gasteiger partial charge < -0.3 is 25.5 Å². The molecule has 3 fully saturated rings. The molecule has 2 aliphatic heterocycles. The van der Waals surface area contributed by atoms with Crippen molar-refractivity contribution in [2.75, 3.05) is 50.0 Å². The van der Waals surface area contributed by atoms with Crippen molar-refractivity contribution in [2.24, 2.45) is 5.92 Å². The third-order valence-electron chi connectivity index (χ3n) is 7.96. The predicted octanol–water partition coefficient (Wildman–Crippen LogP) is 2.46. The Morgan fingerprint density at radius 3 is 2.66 bits per heavy atom. The quantitative estimate of drug-likeness (QED) is 0.583. The molecule has 5 rings (SSSR count). The molecule has 1 atom stereocenters. The summed E-state index contributed by atoms with van der Waals surface area (Å²) in [5.41, 5.74) is 11.9. The molecule has 3 N–H and O–H groups in total. The number of pyridine rings is 1. The molecule has 0 radical (unpaired) electrons. The van der Waals surface area contributed by atoms with Gasteiger partial charge in [-0.05, 0) is 62.2 Å². The zero-order valence-corrected chi connectivity index (χ0v) is 20.7. The van der Waals surface area contributed by atoms with Crippen LogP contribution in [0.2, 0.25) is 0 Å². The van der Waals surface area contributed by atoms with Crippen molar-refractivity contribution < 1.29 is 14.7 Å². The molecule has 0 unspecified atom stereocenters. The average Bonchev–Trinajstić information content (AvgIpc) is 3.78. The van der Waals surface area contributed by atoms with E-state index in [2.05, 4.69) is 24.5 Å². The molecule has 0 aromatic carbocycles. The van der Waals surface area contributed by atoms with Crippen LogP contribution in [0.4, 0.5) is 11.5 Å². The third kappa shape index (κ3) is 4.68. The number of hydrogen-bond acceptors (Lipinski definition) is 6. The first-order valence-electron chi connectivity index (χ1n) is 13.0. The lowest BCUT2D eigenvalue weighted by Gasteiger charge is -2.43. The van der Waals surface area contributed by atoms with Crippen LogP contribution >= 0.6 is 0 Å². The maximum absolute atomic E-state index is 12.6. The fraction of sp³-hybridized carbons (Fsp3) is 0.593. The maximum Gasteiger partial charge on any atom is 0.246 e. The zero-order valence-electron chi connectivity index (χ0n) is 20.7. The maximum atomic E-state index is 12.6. The molecule has 0 spiro atoms. The minimum Gasteiger partial charge on any atom is -0.396 e. The summed E-state index contributed by atoms with van der Waals surface area (Å²) < 4.78 is 0. The van der Waals surface area contributed by atoms with Crippen molar-refractivity contribution in [1.82, 2.24) is 14.8 Å². The highest BCUT2D eigenvalue weighted by Gasteiger charge is 2.42. The van der Waals surface area contributed by atoms with Gasteiger partial charge in [-0.15, -0.1) is 0 Å². The van der Waals surface area contributed by atoms with Crippen LogP contribution in [0.3, 0.4) is 0 Å². The summed E-state index contributed by atoms with van der Waals surface area (Å²) in [4.78, 5) is 36.2. The second kappa shape index (κ2) is 9.64. The normalized spacial score (nSPS) is 22.7. The van der Waals surface area contributed by atoms with Crippen molar-refractivity contribution in [1.29, 1.82) is 0 Å². The molecule has 1 saturated heterocycles. The van der Waals surface area contributed by atoms with Crippen molar-refractivity contribution >= 4 is 28.9 Å². The molecule has 2 aliphatic carbocycles. The van der Waals surface area contributed by atoms with Crippen molar-refractivity contribution in [3.8, 4) is 0 Å². The van der Waals surface area contributed by atoms with Crippen LogP contribution in [0, 0.1) is 12.8 Å². The van der Waals surface area contributed by atoms with Crippen LogP contribution in [0.5, 0.6) is 0 Å². The predicted molar refractivity (Wildman–Crippen MR) is 137 cm³/mol. The van der Waals surface area contributed by atoms with Gasteiger partial charge in [0.05, 0.1) is 24.0 Å². The van der Waals surface area contributed by atoms with Gasteiger partial charge in [0.15, 0.2) is 5.82 Å². The Balaban J connectivity index is 1.46. The second-order valence-corrected chi connectivity index (χ2v) is 10.4. The largest absolute Gasteiger partial charge is 0.396 e. The van der Waals surface area contributed by atoms with E-state index in [0.29, 0.717) is 43.7 Å². The van der Waals surface area contributed by atoms with E-state index in [-0.39, 0.29) is 30.9 Å². The van der Waals surface area contributed by atoms with Crippen LogP contribution in [-0.2, 0) is 9.59 Å². The topological polar surface area (TPSA) is 103 Å². The van der Waals surface area contributed by atoms with E-state index in [4.69, 9.17) is 10.7 Å². The van der Waals surface area contributed by atoms with Gasteiger partial charge in [0.1, 0.15) is 0 Å². The van der Waals surface area contributed by atoms with E-state index >= 15 is 0 Å². The first-order valence-corrected chi connectivity index (χ1v) is 13.0. The lowest BCUT2D eigenvalue weighted by Crippen LogP contribution is -2.56. The van der Waals surface area contributed by atoms with Crippen LogP contribution in [0.15, 0.2) is 18.7 Å². The minimum absolute atomic E-state index is 0.0399. The summed E-state index contributed by atoms with van der Waals surface area (Å²) in [6.07, 6.45) is 9.15. The summed E-state index contributed by atoms with van der Waals surface area (Å²) in [6, 6.07) is 0.146. The lowest BCUT2D eigenvalue weighted by atomic mass is 9.92. The molecule has 35 heavy (non-hydrogen) atoms. The highest BCUT2D eigenvalue weighted by atomic mass is 16.3. The van der Waals surface area contributed by atoms with E-state index in [1.165, 1.54) is 6.08 Å². The molecule has 2 amide bonds. The molecular weight excluding hydrogens is 442 g/mol. The molecule has 2 saturated carbocycles. The van der Waals surface area contributed by atoms with Crippen LogP contribution < -0.4 is 10.6 Å². The van der Waals surface area contributed by atoms with Gasteiger partial charge in [-0.2, -0.15) is 0 Å². The Morgan fingerprint density at radius 2 is 2.00 bits per heavy atom. The van der Waals surface area contributed by atoms with Crippen LogP contribution in [-0.4, -0.2) is 77.1 Å². The molecule has 8 nitrogen and oxygen atoms in total. The summed E-state index contributed by atoms with van der Waals surface area (Å²) in [6.45, 7) is 8.92. The fourth-order valence-corrected chi connectivity index (χ4v) is 5.70. The average molecular weight is 480 g/mol. The first-order chi connectivity index (χ1) is 16.9. The Labute approximate surface area is 207 Å². The lowest BCUT2D eigenvalue weighted by molar-refractivity contribution is -0.135. The number of nitrogen functional groups attached to an aromatic ring is 1. The monoisotopic (exact) mass is 479 g/mol. The van der Waals surface area contributed by atoms with Crippen molar-refractivity contribution in [2.45, 2.75) is 57.4 Å². The number of carbonyl (C=O) groups excluding carboxylic acids is 2. The molecule has 3 heterocycles. The Bertz CT molecular complexity index is 1060. The molecule has 1 aromatic rings. The van der Waals surface area contributed by atoms with Gasteiger partial charge in [0, 0.05) is 50.6 Å². The summed E-state index contributed by atoms with van der Waals surface area (Å²) in [5.74, 6) is 1.78. The molecule has 0 bridgehead atoms. The number of nitrogens with two attached hydrogens (primary N) is 1.